The number of carbonyl (C=O) groups is 3. The Hall–Kier alpha value is -2.05. The van der Waals surface area contributed by atoms with Gasteiger partial charge in [0.05, 0.1) is 0 Å². The normalized spacial score (nSPS) is 13.0. The third-order valence-corrected chi connectivity index (χ3v) is 1.87. The molecule has 0 heterocycles. The molecule has 0 aliphatic rings. The molecule has 3 N–H and O–H groups in total. The number of carboxylic acids is 2. The zero-order valence-corrected chi connectivity index (χ0v) is 11.2. The van der Waals surface area contributed by atoms with Crippen LogP contribution in [0.4, 0.5) is 4.79 Å². The van der Waals surface area contributed by atoms with Crippen molar-refractivity contribution < 1.29 is 29.3 Å². The zero-order valence-electron chi connectivity index (χ0n) is 11.2. The van der Waals surface area contributed by atoms with Crippen molar-refractivity contribution in [3.05, 3.63) is 12.2 Å². The number of nitrogens with one attached hydrogen (secondary N) is 1. The highest BCUT2D eigenvalue weighted by Gasteiger charge is 2.23. The van der Waals surface area contributed by atoms with E-state index < -0.39 is 29.7 Å². The van der Waals surface area contributed by atoms with Crippen LogP contribution in [0.3, 0.4) is 0 Å². The largest absolute Gasteiger partial charge is 0.480 e. The molecule has 1 atom stereocenters. The number of ether oxygens (including phenoxy) is 1. The van der Waals surface area contributed by atoms with Gasteiger partial charge in [-0.05, 0) is 33.6 Å². The summed E-state index contributed by atoms with van der Waals surface area (Å²) in [7, 11) is 0. The molecule has 1 unspecified atom stereocenters. The molecular formula is C12H19NO6. The molecule has 19 heavy (non-hydrogen) atoms. The average molecular weight is 273 g/mol. The van der Waals surface area contributed by atoms with Crippen molar-refractivity contribution in [2.75, 3.05) is 0 Å². The van der Waals surface area contributed by atoms with Gasteiger partial charge < -0.3 is 20.3 Å². The summed E-state index contributed by atoms with van der Waals surface area (Å²) >= 11 is 0. The predicted molar refractivity (Wildman–Crippen MR) is 66.8 cm³/mol. The molecule has 0 saturated heterocycles. The van der Waals surface area contributed by atoms with Gasteiger partial charge in [-0.3, -0.25) is 0 Å². The van der Waals surface area contributed by atoms with Crippen LogP contribution in [0, 0.1) is 0 Å². The summed E-state index contributed by atoms with van der Waals surface area (Å²) in [4.78, 5) is 32.5. The molecule has 0 aliphatic heterocycles. The Morgan fingerprint density at radius 1 is 1.26 bits per heavy atom. The smallest absolute Gasteiger partial charge is 0.408 e. The molecule has 0 rings (SSSR count). The van der Waals surface area contributed by atoms with Crippen LogP contribution >= 0.6 is 0 Å². The van der Waals surface area contributed by atoms with Crippen LogP contribution in [-0.4, -0.2) is 39.9 Å². The second-order valence-electron chi connectivity index (χ2n) is 4.86. The van der Waals surface area contributed by atoms with E-state index in [1.807, 2.05) is 0 Å². The SMILES string of the molecule is CC(C)(C)OC(=O)NC(CC/C=C/C(=O)O)C(=O)O. The summed E-state index contributed by atoms with van der Waals surface area (Å²) in [5.41, 5.74) is -0.712. The minimum Gasteiger partial charge on any atom is -0.480 e. The highest BCUT2D eigenvalue weighted by atomic mass is 16.6. The molecule has 0 radical (unpaired) electrons. The molecule has 0 aromatic rings. The van der Waals surface area contributed by atoms with Crippen molar-refractivity contribution in [1.82, 2.24) is 5.32 Å². The lowest BCUT2D eigenvalue weighted by atomic mass is 10.1. The van der Waals surface area contributed by atoms with Crippen LogP contribution < -0.4 is 5.32 Å². The second-order valence-corrected chi connectivity index (χ2v) is 4.86. The molecule has 7 nitrogen and oxygen atoms in total. The van der Waals surface area contributed by atoms with Crippen LogP contribution in [-0.2, 0) is 14.3 Å². The third-order valence-electron chi connectivity index (χ3n) is 1.87. The Kier molecular flexibility index (Phi) is 6.60. The lowest BCUT2D eigenvalue weighted by molar-refractivity contribution is -0.139. The zero-order chi connectivity index (χ0) is 15.1. The van der Waals surface area contributed by atoms with E-state index in [4.69, 9.17) is 14.9 Å². The molecule has 1 amide bonds. The summed E-state index contributed by atoms with van der Waals surface area (Å²) in [6.45, 7) is 4.99. The monoisotopic (exact) mass is 273 g/mol. The molecule has 0 saturated carbocycles. The van der Waals surface area contributed by atoms with Crippen LogP contribution in [0.2, 0.25) is 0 Å². The first-order valence-electron chi connectivity index (χ1n) is 5.73. The van der Waals surface area contributed by atoms with Crippen molar-refractivity contribution in [3.8, 4) is 0 Å². The molecule has 7 heteroatoms. The number of allylic oxidation sites excluding steroid dienone is 1. The fraction of sp³-hybridized carbons (Fsp3) is 0.583. The Balaban J connectivity index is 4.31. The molecule has 0 fully saturated rings. The summed E-state index contributed by atoms with van der Waals surface area (Å²) in [5.74, 6) is -2.30. The van der Waals surface area contributed by atoms with E-state index in [1.165, 1.54) is 6.08 Å². The van der Waals surface area contributed by atoms with E-state index in [2.05, 4.69) is 5.32 Å². The number of amides is 1. The first kappa shape index (κ1) is 16.9. The lowest BCUT2D eigenvalue weighted by Crippen LogP contribution is -2.43. The van der Waals surface area contributed by atoms with Crippen molar-refractivity contribution in [3.63, 3.8) is 0 Å². The maximum absolute atomic E-state index is 11.4. The van der Waals surface area contributed by atoms with E-state index in [0.29, 0.717) is 0 Å². The van der Waals surface area contributed by atoms with Crippen LogP contribution in [0.5, 0.6) is 0 Å². The predicted octanol–water partition coefficient (Wildman–Crippen LogP) is 1.39. The first-order chi connectivity index (χ1) is 8.61. The standard InChI is InChI=1S/C12H19NO6/c1-12(2,3)19-11(18)13-8(10(16)17)6-4-5-7-9(14)15/h5,7-8H,4,6H2,1-3H3,(H,13,18)(H,14,15)(H,16,17)/b7-5+. The quantitative estimate of drug-likeness (QED) is 0.630. The molecule has 0 bridgehead atoms. The lowest BCUT2D eigenvalue weighted by Gasteiger charge is -2.21. The van der Waals surface area contributed by atoms with Gasteiger partial charge in [0.2, 0.25) is 0 Å². The Labute approximate surface area is 111 Å². The Bertz CT molecular complexity index is 369. The Morgan fingerprint density at radius 3 is 2.26 bits per heavy atom. The van der Waals surface area contributed by atoms with Crippen molar-refractivity contribution in [2.24, 2.45) is 0 Å². The van der Waals surface area contributed by atoms with Crippen molar-refractivity contribution in [2.45, 2.75) is 45.3 Å². The van der Waals surface area contributed by atoms with Gasteiger partial charge in [-0.25, -0.2) is 14.4 Å². The van der Waals surface area contributed by atoms with Gasteiger partial charge in [0.15, 0.2) is 0 Å². The number of aliphatic carboxylic acids is 2. The van der Waals surface area contributed by atoms with E-state index in [9.17, 15) is 14.4 Å². The average Bonchev–Trinajstić information content (AvgIpc) is 2.19. The minimum absolute atomic E-state index is 0.0817. The maximum atomic E-state index is 11.4. The number of rotatable bonds is 6. The number of hydrogen-bond donors (Lipinski definition) is 3. The van der Waals surface area contributed by atoms with Crippen LogP contribution in [0.15, 0.2) is 12.2 Å². The number of alkyl carbamates (subject to hydrolysis) is 1. The van der Waals surface area contributed by atoms with Crippen LogP contribution in [0.1, 0.15) is 33.6 Å². The minimum atomic E-state index is -1.20. The van der Waals surface area contributed by atoms with E-state index in [0.717, 1.165) is 6.08 Å². The summed E-state index contributed by atoms with van der Waals surface area (Å²) in [5, 5.41) is 19.5. The highest BCUT2D eigenvalue weighted by Crippen LogP contribution is 2.08. The molecular weight excluding hydrogens is 254 g/mol. The molecule has 0 spiro atoms. The van der Waals surface area contributed by atoms with E-state index in [1.54, 1.807) is 20.8 Å². The van der Waals surface area contributed by atoms with Gasteiger partial charge >= 0.3 is 18.0 Å². The van der Waals surface area contributed by atoms with Gasteiger partial charge in [-0.1, -0.05) is 6.08 Å². The fourth-order valence-corrected chi connectivity index (χ4v) is 1.15. The summed E-state index contributed by atoms with van der Waals surface area (Å²) in [6.07, 6.45) is 1.74. The second kappa shape index (κ2) is 7.40. The number of hydrogen-bond acceptors (Lipinski definition) is 4. The van der Waals surface area contributed by atoms with Gasteiger partial charge in [-0.15, -0.1) is 0 Å². The Morgan fingerprint density at radius 2 is 1.84 bits per heavy atom. The maximum Gasteiger partial charge on any atom is 0.408 e. The van der Waals surface area contributed by atoms with Crippen molar-refractivity contribution in [1.29, 1.82) is 0 Å². The van der Waals surface area contributed by atoms with Gasteiger partial charge in [0, 0.05) is 6.08 Å². The van der Waals surface area contributed by atoms with Crippen molar-refractivity contribution >= 4 is 18.0 Å². The topological polar surface area (TPSA) is 113 Å². The van der Waals surface area contributed by atoms with Gasteiger partial charge in [0.1, 0.15) is 11.6 Å². The molecule has 0 aromatic heterocycles. The van der Waals surface area contributed by atoms with Gasteiger partial charge in [-0.2, -0.15) is 0 Å². The van der Waals surface area contributed by atoms with Gasteiger partial charge in [0.25, 0.3) is 0 Å². The molecule has 0 aromatic carbocycles. The van der Waals surface area contributed by atoms with E-state index in [-0.39, 0.29) is 12.8 Å². The highest BCUT2D eigenvalue weighted by molar-refractivity contribution is 5.80. The fourth-order valence-electron chi connectivity index (χ4n) is 1.15. The molecule has 108 valence electrons. The number of carbonyl (C=O) groups excluding carboxylic acids is 1. The number of carboxylic acid groups (broad SMARTS) is 2. The van der Waals surface area contributed by atoms with E-state index >= 15 is 0 Å². The molecule has 0 aliphatic carbocycles. The summed E-state index contributed by atoms with van der Waals surface area (Å²) < 4.78 is 4.94. The summed E-state index contributed by atoms with van der Waals surface area (Å²) in [6, 6.07) is -1.12. The first-order valence-corrected chi connectivity index (χ1v) is 5.73. The van der Waals surface area contributed by atoms with Crippen LogP contribution in [0.25, 0.3) is 0 Å². The third kappa shape index (κ3) is 9.63.